The smallest absolute Gasteiger partial charge is 0.133 e. The van der Waals surface area contributed by atoms with Gasteiger partial charge >= 0.3 is 0 Å². The molecule has 5 heteroatoms. The number of anilines is 1. The van der Waals surface area contributed by atoms with E-state index in [1.807, 2.05) is 6.92 Å². The maximum atomic E-state index is 6.00. The Morgan fingerprint density at radius 1 is 1.12 bits per heavy atom. The van der Waals surface area contributed by atoms with Crippen LogP contribution in [0.15, 0.2) is 12.1 Å². The fraction of sp³-hybridized carbons (Fsp3) is 0.474. The van der Waals surface area contributed by atoms with Crippen molar-refractivity contribution >= 4 is 5.82 Å². The summed E-state index contributed by atoms with van der Waals surface area (Å²) in [5.74, 6) is 2.76. The summed E-state index contributed by atoms with van der Waals surface area (Å²) in [7, 11) is 0. The van der Waals surface area contributed by atoms with Gasteiger partial charge in [-0.15, -0.1) is 0 Å². The lowest BCUT2D eigenvalue weighted by Crippen LogP contribution is -2.27. The standard InChI is InChI=1S/C19H26N4O/c1-12-9-13(2)18(14(3)10-12)24-8-7-21-19-16-5-6-20-11-17(16)22-15(4)23-19/h9-10,20H,5-8,11H2,1-4H3,(H,21,22,23). The highest BCUT2D eigenvalue weighted by Crippen LogP contribution is 2.24. The van der Waals surface area contributed by atoms with Crippen LogP contribution in [-0.2, 0) is 13.0 Å². The summed E-state index contributed by atoms with van der Waals surface area (Å²) in [6.07, 6.45) is 0.967. The number of fused-ring (bicyclic) bond motifs is 1. The Labute approximate surface area is 143 Å². The van der Waals surface area contributed by atoms with Crippen LogP contribution in [0.1, 0.15) is 33.8 Å². The van der Waals surface area contributed by atoms with Crippen LogP contribution < -0.4 is 15.4 Å². The molecule has 0 bridgehead atoms. The van der Waals surface area contributed by atoms with Gasteiger partial charge in [-0.2, -0.15) is 0 Å². The highest BCUT2D eigenvalue weighted by atomic mass is 16.5. The van der Waals surface area contributed by atoms with Gasteiger partial charge < -0.3 is 15.4 Å². The Morgan fingerprint density at radius 3 is 2.62 bits per heavy atom. The van der Waals surface area contributed by atoms with Gasteiger partial charge in [0, 0.05) is 12.1 Å². The van der Waals surface area contributed by atoms with Crippen molar-refractivity contribution in [2.45, 2.75) is 40.7 Å². The number of hydrogen-bond acceptors (Lipinski definition) is 5. The zero-order chi connectivity index (χ0) is 17.1. The Balaban J connectivity index is 1.63. The van der Waals surface area contributed by atoms with Crippen molar-refractivity contribution in [3.8, 4) is 5.75 Å². The van der Waals surface area contributed by atoms with E-state index in [0.717, 1.165) is 49.1 Å². The number of nitrogens with one attached hydrogen (secondary N) is 2. The van der Waals surface area contributed by atoms with Crippen molar-refractivity contribution in [2.24, 2.45) is 0 Å². The molecule has 128 valence electrons. The zero-order valence-corrected chi connectivity index (χ0v) is 15.0. The molecule has 0 atom stereocenters. The third-order valence-corrected chi connectivity index (χ3v) is 4.29. The molecule has 0 fully saturated rings. The molecule has 2 aromatic rings. The van der Waals surface area contributed by atoms with Crippen molar-refractivity contribution < 1.29 is 4.74 Å². The van der Waals surface area contributed by atoms with Gasteiger partial charge in [-0.1, -0.05) is 17.7 Å². The average molecular weight is 326 g/mol. The molecule has 0 saturated heterocycles. The van der Waals surface area contributed by atoms with E-state index in [-0.39, 0.29) is 0 Å². The molecule has 0 radical (unpaired) electrons. The van der Waals surface area contributed by atoms with Crippen molar-refractivity contribution in [3.63, 3.8) is 0 Å². The van der Waals surface area contributed by atoms with E-state index in [9.17, 15) is 0 Å². The predicted octanol–water partition coefficient (Wildman–Crippen LogP) is 2.85. The Bertz CT molecular complexity index is 719. The molecule has 1 aliphatic heterocycles. The van der Waals surface area contributed by atoms with Crippen LogP contribution in [0.2, 0.25) is 0 Å². The molecule has 2 N–H and O–H groups in total. The van der Waals surface area contributed by atoms with Gasteiger partial charge in [0.25, 0.3) is 0 Å². The molecule has 0 saturated carbocycles. The second kappa shape index (κ2) is 7.18. The number of hydrogen-bond donors (Lipinski definition) is 2. The van der Waals surface area contributed by atoms with E-state index in [0.29, 0.717) is 6.61 Å². The summed E-state index contributed by atoms with van der Waals surface area (Å²) in [5, 5.41) is 6.79. The summed E-state index contributed by atoms with van der Waals surface area (Å²) in [6.45, 7) is 11.4. The Kier molecular flexibility index (Phi) is 5.00. The molecular formula is C19H26N4O. The molecule has 0 aliphatic carbocycles. The zero-order valence-electron chi connectivity index (χ0n) is 15.0. The summed E-state index contributed by atoms with van der Waals surface area (Å²) < 4.78 is 6.00. The Hall–Kier alpha value is -2.14. The highest BCUT2D eigenvalue weighted by molar-refractivity contribution is 5.48. The molecule has 0 amide bonds. The highest BCUT2D eigenvalue weighted by Gasteiger charge is 2.16. The molecule has 24 heavy (non-hydrogen) atoms. The minimum atomic E-state index is 0.612. The van der Waals surface area contributed by atoms with Gasteiger partial charge in [0.15, 0.2) is 0 Å². The van der Waals surface area contributed by atoms with E-state index < -0.39 is 0 Å². The maximum Gasteiger partial charge on any atom is 0.133 e. The summed E-state index contributed by atoms with van der Waals surface area (Å²) >= 11 is 0. The fourth-order valence-electron chi connectivity index (χ4n) is 3.35. The number of ether oxygens (including phenoxy) is 1. The SMILES string of the molecule is Cc1cc(C)c(OCCNc2nc(C)nc3c2CCNC3)c(C)c1. The van der Waals surface area contributed by atoms with E-state index in [1.54, 1.807) is 0 Å². The average Bonchev–Trinajstić information content (AvgIpc) is 2.52. The predicted molar refractivity (Wildman–Crippen MR) is 96.8 cm³/mol. The van der Waals surface area contributed by atoms with E-state index in [2.05, 4.69) is 53.5 Å². The second-order valence-electron chi connectivity index (χ2n) is 6.47. The third-order valence-electron chi connectivity index (χ3n) is 4.29. The van der Waals surface area contributed by atoms with E-state index in [4.69, 9.17) is 4.74 Å². The normalized spacial score (nSPS) is 13.5. The van der Waals surface area contributed by atoms with Gasteiger partial charge in [0.05, 0.1) is 12.2 Å². The first-order valence-electron chi connectivity index (χ1n) is 8.56. The Morgan fingerprint density at radius 2 is 1.88 bits per heavy atom. The van der Waals surface area contributed by atoms with Gasteiger partial charge in [-0.3, -0.25) is 0 Å². The number of benzene rings is 1. The van der Waals surface area contributed by atoms with Crippen molar-refractivity contribution in [2.75, 3.05) is 25.0 Å². The van der Waals surface area contributed by atoms with Gasteiger partial charge in [0.2, 0.25) is 0 Å². The molecule has 1 aromatic heterocycles. The number of aryl methyl sites for hydroxylation is 4. The number of rotatable bonds is 5. The van der Waals surface area contributed by atoms with Crippen LogP contribution in [0.4, 0.5) is 5.82 Å². The van der Waals surface area contributed by atoms with Gasteiger partial charge in [0.1, 0.15) is 24.0 Å². The topological polar surface area (TPSA) is 59.1 Å². The second-order valence-corrected chi connectivity index (χ2v) is 6.47. The lowest BCUT2D eigenvalue weighted by molar-refractivity contribution is 0.328. The third kappa shape index (κ3) is 3.67. The molecule has 2 heterocycles. The van der Waals surface area contributed by atoms with Crippen LogP contribution in [0.25, 0.3) is 0 Å². The molecular weight excluding hydrogens is 300 g/mol. The van der Waals surface area contributed by atoms with Gasteiger partial charge in [-0.05, 0) is 51.8 Å². The molecule has 3 rings (SSSR count). The molecule has 0 spiro atoms. The first kappa shape index (κ1) is 16.7. The molecule has 5 nitrogen and oxygen atoms in total. The lowest BCUT2D eigenvalue weighted by Gasteiger charge is -2.20. The van der Waals surface area contributed by atoms with Crippen LogP contribution in [0.3, 0.4) is 0 Å². The van der Waals surface area contributed by atoms with Crippen molar-refractivity contribution in [1.82, 2.24) is 15.3 Å². The molecule has 1 aromatic carbocycles. The van der Waals surface area contributed by atoms with Crippen molar-refractivity contribution in [3.05, 3.63) is 45.9 Å². The van der Waals surface area contributed by atoms with Gasteiger partial charge in [-0.25, -0.2) is 9.97 Å². The first-order chi connectivity index (χ1) is 11.5. The van der Waals surface area contributed by atoms with E-state index >= 15 is 0 Å². The van der Waals surface area contributed by atoms with Crippen LogP contribution in [0, 0.1) is 27.7 Å². The largest absolute Gasteiger partial charge is 0.491 e. The maximum absolute atomic E-state index is 6.00. The first-order valence-corrected chi connectivity index (χ1v) is 8.56. The lowest BCUT2D eigenvalue weighted by atomic mass is 10.1. The van der Waals surface area contributed by atoms with Crippen LogP contribution in [-0.4, -0.2) is 29.7 Å². The monoisotopic (exact) mass is 326 g/mol. The van der Waals surface area contributed by atoms with Crippen LogP contribution >= 0.6 is 0 Å². The number of aromatic nitrogens is 2. The molecule has 0 unspecified atom stereocenters. The molecule has 1 aliphatic rings. The van der Waals surface area contributed by atoms with E-state index in [1.165, 1.54) is 22.3 Å². The van der Waals surface area contributed by atoms with Crippen molar-refractivity contribution in [1.29, 1.82) is 0 Å². The quantitative estimate of drug-likeness (QED) is 0.828. The summed E-state index contributed by atoms with van der Waals surface area (Å²) in [5.41, 5.74) is 6.00. The summed E-state index contributed by atoms with van der Waals surface area (Å²) in [4.78, 5) is 9.11. The summed E-state index contributed by atoms with van der Waals surface area (Å²) in [6, 6.07) is 4.32. The number of nitrogens with zero attached hydrogens (tertiary/aromatic N) is 2. The minimum absolute atomic E-state index is 0.612. The van der Waals surface area contributed by atoms with Crippen LogP contribution in [0.5, 0.6) is 5.75 Å². The fourth-order valence-corrected chi connectivity index (χ4v) is 3.35. The minimum Gasteiger partial charge on any atom is -0.491 e.